The predicted octanol–water partition coefficient (Wildman–Crippen LogP) is 1.85. The molecule has 1 saturated heterocycles. The molecule has 0 radical (unpaired) electrons. The number of nitrogens with zero attached hydrogens (tertiary/aromatic N) is 2. The Balaban J connectivity index is 2.07. The molecule has 1 aromatic heterocycles. The molecular weight excluding hydrogens is 254 g/mol. The van der Waals surface area contributed by atoms with E-state index in [1.807, 2.05) is 5.01 Å². The molecule has 6 heteroatoms. The van der Waals surface area contributed by atoms with E-state index in [1.54, 1.807) is 0 Å². The molecule has 1 fully saturated rings. The maximum absolute atomic E-state index is 12.3. The Morgan fingerprint density at radius 1 is 1.45 bits per heavy atom. The molecule has 0 aliphatic carbocycles. The second kappa shape index (κ2) is 6.26. The molecule has 1 aromatic rings. The van der Waals surface area contributed by atoms with Gasteiger partial charge in [0.05, 0.1) is 11.4 Å². The number of carbonyl (C=O) groups excluding carboxylic acids is 1. The van der Waals surface area contributed by atoms with Crippen molar-refractivity contribution in [1.29, 1.82) is 0 Å². The van der Waals surface area contributed by atoms with E-state index in [1.165, 1.54) is 6.42 Å². The summed E-state index contributed by atoms with van der Waals surface area (Å²) in [5, 5.41) is 8.95. The number of amides is 1. The number of nitrogen functional groups attached to an aromatic ring is 1. The van der Waals surface area contributed by atoms with Crippen molar-refractivity contribution < 1.29 is 4.79 Å². The van der Waals surface area contributed by atoms with Gasteiger partial charge in [-0.05, 0) is 33.1 Å². The van der Waals surface area contributed by atoms with Crippen LogP contribution in [0.15, 0.2) is 0 Å². The van der Waals surface area contributed by atoms with E-state index >= 15 is 0 Å². The number of aromatic amines is 1. The zero-order chi connectivity index (χ0) is 14.7. The SMILES string of the molecule is CCCc1[nH]nc(C(=O)NN2C(C)CCCC2C)c1N. The topological polar surface area (TPSA) is 87.0 Å². The number of aryl methyl sites for hydroxylation is 1. The lowest BCUT2D eigenvalue weighted by Crippen LogP contribution is -2.54. The standard InChI is InChI=1S/C14H25N5O/c1-4-6-11-12(15)13(17-16-11)14(20)18-19-9(2)7-5-8-10(19)3/h9-10H,4-8,15H2,1-3H3,(H,16,17)(H,18,20). The van der Waals surface area contributed by atoms with Gasteiger partial charge in [-0.25, -0.2) is 5.01 Å². The number of nitrogens with two attached hydrogens (primary N) is 1. The number of anilines is 1. The van der Waals surface area contributed by atoms with E-state index in [0.29, 0.717) is 23.5 Å². The van der Waals surface area contributed by atoms with Crippen LogP contribution in [0.5, 0.6) is 0 Å². The van der Waals surface area contributed by atoms with Crippen molar-refractivity contribution in [1.82, 2.24) is 20.6 Å². The van der Waals surface area contributed by atoms with Gasteiger partial charge >= 0.3 is 0 Å². The highest BCUT2D eigenvalue weighted by molar-refractivity contribution is 5.97. The van der Waals surface area contributed by atoms with Gasteiger partial charge in [-0.15, -0.1) is 0 Å². The number of carbonyl (C=O) groups is 1. The molecular formula is C14H25N5O. The second-order valence-electron chi connectivity index (χ2n) is 5.69. The third kappa shape index (κ3) is 2.95. The van der Waals surface area contributed by atoms with E-state index in [2.05, 4.69) is 36.4 Å². The fourth-order valence-electron chi connectivity index (χ4n) is 2.81. The molecule has 0 bridgehead atoms. The number of hydrazine groups is 1. The van der Waals surface area contributed by atoms with E-state index < -0.39 is 0 Å². The van der Waals surface area contributed by atoms with Gasteiger partial charge in [0.1, 0.15) is 0 Å². The van der Waals surface area contributed by atoms with Gasteiger partial charge in [-0.1, -0.05) is 19.8 Å². The van der Waals surface area contributed by atoms with Gasteiger partial charge in [0.2, 0.25) is 0 Å². The lowest BCUT2D eigenvalue weighted by atomic mass is 10.00. The summed E-state index contributed by atoms with van der Waals surface area (Å²) < 4.78 is 0. The van der Waals surface area contributed by atoms with Crippen molar-refractivity contribution in [3.8, 4) is 0 Å². The van der Waals surface area contributed by atoms with Crippen LogP contribution < -0.4 is 11.2 Å². The number of aromatic nitrogens is 2. The number of hydrogen-bond donors (Lipinski definition) is 3. The van der Waals surface area contributed by atoms with Crippen molar-refractivity contribution in [2.24, 2.45) is 0 Å². The lowest BCUT2D eigenvalue weighted by molar-refractivity contribution is 0.0367. The van der Waals surface area contributed by atoms with Crippen LogP contribution in [0.2, 0.25) is 0 Å². The van der Waals surface area contributed by atoms with Crippen molar-refractivity contribution >= 4 is 11.6 Å². The molecule has 0 saturated carbocycles. The molecule has 1 aliphatic heterocycles. The molecule has 2 unspecified atom stereocenters. The largest absolute Gasteiger partial charge is 0.395 e. The van der Waals surface area contributed by atoms with E-state index in [9.17, 15) is 4.79 Å². The summed E-state index contributed by atoms with van der Waals surface area (Å²) in [6.45, 7) is 6.33. The molecule has 0 aromatic carbocycles. The normalized spacial score (nSPS) is 23.8. The summed E-state index contributed by atoms with van der Waals surface area (Å²) in [5.74, 6) is -0.221. The molecule has 20 heavy (non-hydrogen) atoms. The molecule has 2 heterocycles. The van der Waals surface area contributed by atoms with Gasteiger partial charge in [0, 0.05) is 12.1 Å². The summed E-state index contributed by atoms with van der Waals surface area (Å²) >= 11 is 0. The van der Waals surface area contributed by atoms with Gasteiger partial charge in [0.15, 0.2) is 5.69 Å². The molecule has 1 aliphatic rings. The highest BCUT2D eigenvalue weighted by atomic mass is 16.2. The van der Waals surface area contributed by atoms with Crippen LogP contribution in [-0.4, -0.2) is 33.2 Å². The summed E-state index contributed by atoms with van der Waals surface area (Å²) in [7, 11) is 0. The summed E-state index contributed by atoms with van der Waals surface area (Å²) in [4.78, 5) is 12.3. The monoisotopic (exact) mass is 279 g/mol. The first-order valence-corrected chi connectivity index (χ1v) is 7.46. The van der Waals surface area contributed by atoms with Gasteiger partial charge in [-0.2, -0.15) is 5.10 Å². The Kier molecular flexibility index (Phi) is 4.65. The number of rotatable bonds is 4. The minimum atomic E-state index is -0.221. The Bertz CT molecular complexity index is 460. The zero-order valence-corrected chi connectivity index (χ0v) is 12.6. The third-order valence-electron chi connectivity index (χ3n) is 4.02. The fraction of sp³-hybridized carbons (Fsp3) is 0.714. The second-order valence-corrected chi connectivity index (χ2v) is 5.69. The number of hydrogen-bond acceptors (Lipinski definition) is 4. The van der Waals surface area contributed by atoms with E-state index in [0.717, 1.165) is 31.4 Å². The minimum absolute atomic E-state index is 0.221. The van der Waals surface area contributed by atoms with Crippen LogP contribution in [0.3, 0.4) is 0 Å². The Morgan fingerprint density at radius 3 is 2.70 bits per heavy atom. The Morgan fingerprint density at radius 2 is 2.10 bits per heavy atom. The first kappa shape index (κ1) is 14.8. The molecule has 2 atom stereocenters. The van der Waals surface area contributed by atoms with Gasteiger partial charge in [-0.3, -0.25) is 15.3 Å². The Labute approximate surface area is 120 Å². The first-order chi connectivity index (χ1) is 9.54. The van der Waals surface area contributed by atoms with E-state index in [4.69, 9.17) is 5.73 Å². The number of piperidine rings is 1. The van der Waals surface area contributed by atoms with Crippen LogP contribution in [0.1, 0.15) is 62.6 Å². The van der Waals surface area contributed by atoms with Crippen LogP contribution in [0.4, 0.5) is 5.69 Å². The van der Waals surface area contributed by atoms with Crippen molar-refractivity contribution in [3.63, 3.8) is 0 Å². The average Bonchev–Trinajstić information content (AvgIpc) is 2.76. The van der Waals surface area contributed by atoms with E-state index in [-0.39, 0.29) is 5.91 Å². The molecule has 6 nitrogen and oxygen atoms in total. The molecule has 1 amide bonds. The maximum atomic E-state index is 12.3. The highest BCUT2D eigenvalue weighted by Crippen LogP contribution is 2.21. The summed E-state index contributed by atoms with van der Waals surface area (Å²) in [5.41, 5.74) is 10.6. The predicted molar refractivity (Wildman–Crippen MR) is 79.1 cm³/mol. The van der Waals surface area contributed by atoms with Crippen LogP contribution in [0, 0.1) is 0 Å². The van der Waals surface area contributed by atoms with Crippen molar-refractivity contribution in [2.45, 2.75) is 65.0 Å². The number of H-pyrrole nitrogens is 1. The van der Waals surface area contributed by atoms with Gasteiger partial charge in [0.25, 0.3) is 5.91 Å². The quantitative estimate of drug-likeness (QED) is 0.785. The maximum Gasteiger partial charge on any atom is 0.288 e. The zero-order valence-electron chi connectivity index (χ0n) is 12.6. The van der Waals surface area contributed by atoms with Crippen molar-refractivity contribution in [3.05, 3.63) is 11.4 Å². The molecule has 112 valence electrons. The lowest BCUT2D eigenvalue weighted by Gasteiger charge is -2.38. The van der Waals surface area contributed by atoms with Crippen LogP contribution in [-0.2, 0) is 6.42 Å². The average molecular weight is 279 g/mol. The van der Waals surface area contributed by atoms with Gasteiger partial charge < -0.3 is 5.73 Å². The third-order valence-corrected chi connectivity index (χ3v) is 4.02. The number of nitrogens with one attached hydrogen (secondary N) is 2. The summed E-state index contributed by atoms with van der Waals surface area (Å²) in [6.07, 6.45) is 5.18. The first-order valence-electron chi connectivity index (χ1n) is 7.46. The minimum Gasteiger partial charge on any atom is -0.395 e. The molecule has 2 rings (SSSR count). The Hall–Kier alpha value is -1.56. The van der Waals surface area contributed by atoms with Crippen LogP contribution in [0.25, 0.3) is 0 Å². The highest BCUT2D eigenvalue weighted by Gasteiger charge is 2.28. The van der Waals surface area contributed by atoms with Crippen LogP contribution >= 0.6 is 0 Å². The summed E-state index contributed by atoms with van der Waals surface area (Å²) in [6, 6.07) is 0.691. The smallest absolute Gasteiger partial charge is 0.288 e. The molecule has 4 N–H and O–H groups in total. The van der Waals surface area contributed by atoms with Crippen molar-refractivity contribution in [2.75, 3.05) is 5.73 Å². The fourth-order valence-corrected chi connectivity index (χ4v) is 2.81. The molecule has 0 spiro atoms.